The van der Waals surface area contributed by atoms with Crippen LogP contribution in [0.1, 0.15) is 32.6 Å². The Morgan fingerprint density at radius 3 is 2.60 bits per heavy atom. The second-order valence-corrected chi connectivity index (χ2v) is 4.97. The van der Waals surface area contributed by atoms with Gasteiger partial charge in [-0.3, -0.25) is 4.98 Å². The lowest BCUT2D eigenvalue weighted by atomic mass is 10.0. The first-order valence-electron chi connectivity index (χ1n) is 6.41. The van der Waals surface area contributed by atoms with E-state index in [1.165, 1.54) is 0 Å². The molecule has 2 aromatic rings. The van der Waals surface area contributed by atoms with Gasteiger partial charge in [0.1, 0.15) is 6.61 Å². The molecule has 0 bridgehead atoms. The van der Waals surface area contributed by atoms with Crippen molar-refractivity contribution >= 4 is 11.7 Å². The van der Waals surface area contributed by atoms with Crippen LogP contribution in [0, 0.1) is 20.8 Å². The van der Waals surface area contributed by atoms with Crippen LogP contribution in [0.15, 0.2) is 30.6 Å². The second-order valence-electron chi connectivity index (χ2n) is 4.97. The maximum absolute atomic E-state index is 12.1. The number of nitrogen functional groups attached to an aromatic ring is 1. The number of ether oxygens (including phenoxy) is 1. The number of anilines is 1. The van der Waals surface area contributed by atoms with Gasteiger partial charge in [-0.25, -0.2) is 4.79 Å². The van der Waals surface area contributed by atoms with Crippen molar-refractivity contribution in [2.24, 2.45) is 0 Å². The van der Waals surface area contributed by atoms with Crippen LogP contribution in [0.3, 0.4) is 0 Å². The lowest BCUT2D eigenvalue weighted by molar-refractivity contribution is 0.0471. The molecule has 0 aliphatic rings. The van der Waals surface area contributed by atoms with E-state index >= 15 is 0 Å². The molecule has 2 N–H and O–H groups in total. The fraction of sp³-hybridized carbons (Fsp3) is 0.250. The summed E-state index contributed by atoms with van der Waals surface area (Å²) >= 11 is 0. The van der Waals surface area contributed by atoms with E-state index in [4.69, 9.17) is 10.5 Å². The van der Waals surface area contributed by atoms with E-state index in [9.17, 15) is 4.79 Å². The van der Waals surface area contributed by atoms with E-state index in [-0.39, 0.29) is 12.6 Å². The zero-order chi connectivity index (χ0) is 14.7. The van der Waals surface area contributed by atoms with Gasteiger partial charge in [-0.05, 0) is 49.6 Å². The molecule has 0 aliphatic heterocycles. The van der Waals surface area contributed by atoms with Crippen molar-refractivity contribution in [3.63, 3.8) is 0 Å². The Morgan fingerprint density at radius 1 is 1.15 bits per heavy atom. The Labute approximate surface area is 118 Å². The fourth-order valence-corrected chi connectivity index (χ4v) is 2.01. The van der Waals surface area contributed by atoms with E-state index in [1.807, 2.05) is 32.9 Å². The molecule has 1 aromatic heterocycles. The molecule has 20 heavy (non-hydrogen) atoms. The second kappa shape index (κ2) is 5.74. The predicted octanol–water partition coefficient (Wildman–Crippen LogP) is 2.95. The maximum Gasteiger partial charge on any atom is 0.338 e. The number of hydrogen-bond donors (Lipinski definition) is 1. The third-order valence-corrected chi connectivity index (χ3v) is 3.13. The molecular formula is C16H18N2O2. The minimum atomic E-state index is -0.365. The summed E-state index contributed by atoms with van der Waals surface area (Å²) in [6.45, 7) is 5.94. The molecular weight excluding hydrogens is 252 g/mol. The Balaban J connectivity index is 2.11. The fourth-order valence-electron chi connectivity index (χ4n) is 2.01. The number of carbonyl (C=O) groups is 1. The average molecular weight is 270 g/mol. The van der Waals surface area contributed by atoms with E-state index in [0.717, 1.165) is 22.3 Å². The van der Waals surface area contributed by atoms with Gasteiger partial charge in [-0.15, -0.1) is 0 Å². The zero-order valence-corrected chi connectivity index (χ0v) is 11.9. The van der Waals surface area contributed by atoms with Crippen LogP contribution in [-0.4, -0.2) is 11.0 Å². The number of hydrogen-bond acceptors (Lipinski definition) is 4. The summed E-state index contributed by atoms with van der Waals surface area (Å²) in [5.74, 6) is -0.365. The van der Waals surface area contributed by atoms with E-state index in [0.29, 0.717) is 11.3 Å². The van der Waals surface area contributed by atoms with Crippen LogP contribution in [0.2, 0.25) is 0 Å². The van der Waals surface area contributed by atoms with Crippen LogP contribution in [0.25, 0.3) is 0 Å². The van der Waals surface area contributed by atoms with E-state index in [2.05, 4.69) is 4.98 Å². The Hall–Kier alpha value is -2.36. The predicted molar refractivity (Wildman–Crippen MR) is 78.4 cm³/mol. The van der Waals surface area contributed by atoms with E-state index < -0.39 is 0 Å². The Bertz CT molecular complexity index is 651. The van der Waals surface area contributed by atoms with Crippen molar-refractivity contribution in [2.75, 3.05) is 5.73 Å². The summed E-state index contributed by atoms with van der Waals surface area (Å²) in [6, 6.07) is 5.50. The summed E-state index contributed by atoms with van der Waals surface area (Å²) in [6.07, 6.45) is 3.45. The van der Waals surface area contributed by atoms with Gasteiger partial charge < -0.3 is 10.5 Å². The SMILES string of the molecule is Cc1cncc(COC(=O)c2cc(N)c(C)cc2C)c1. The molecule has 0 saturated heterocycles. The molecule has 0 fully saturated rings. The number of rotatable bonds is 3. The third-order valence-electron chi connectivity index (χ3n) is 3.13. The van der Waals surface area contributed by atoms with Gasteiger partial charge in [0.05, 0.1) is 5.56 Å². The minimum Gasteiger partial charge on any atom is -0.457 e. The summed E-state index contributed by atoms with van der Waals surface area (Å²) < 4.78 is 5.31. The van der Waals surface area contributed by atoms with E-state index in [1.54, 1.807) is 18.5 Å². The standard InChI is InChI=1S/C16H18N2O2/c1-10-4-13(8-18-7-10)9-20-16(19)14-6-15(17)12(3)5-11(14)2/h4-8H,9,17H2,1-3H3. The highest BCUT2D eigenvalue weighted by molar-refractivity contribution is 5.92. The molecule has 0 amide bonds. The van der Waals surface area contributed by atoms with Gasteiger partial charge in [0, 0.05) is 23.6 Å². The first-order valence-corrected chi connectivity index (χ1v) is 6.41. The highest BCUT2D eigenvalue weighted by atomic mass is 16.5. The molecule has 1 aromatic carbocycles. The van der Waals surface area contributed by atoms with Crippen molar-refractivity contribution in [1.29, 1.82) is 0 Å². The topological polar surface area (TPSA) is 65.2 Å². The van der Waals surface area contributed by atoms with Gasteiger partial charge >= 0.3 is 5.97 Å². The van der Waals surface area contributed by atoms with Gasteiger partial charge in [-0.1, -0.05) is 6.07 Å². The van der Waals surface area contributed by atoms with Crippen molar-refractivity contribution in [3.05, 3.63) is 58.4 Å². The molecule has 0 spiro atoms. The molecule has 4 heteroatoms. The van der Waals surface area contributed by atoms with Crippen molar-refractivity contribution in [1.82, 2.24) is 4.98 Å². The van der Waals surface area contributed by atoms with Gasteiger partial charge in [0.15, 0.2) is 0 Å². The van der Waals surface area contributed by atoms with Crippen LogP contribution < -0.4 is 5.73 Å². The molecule has 0 saturated carbocycles. The minimum absolute atomic E-state index is 0.209. The first kappa shape index (κ1) is 14.1. The Kier molecular flexibility index (Phi) is 4.03. The summed E-state index contributed by atoms with van der Waals surface area (Å²) in [7, 11) is 0. The van der Waals surface area contributed by atoms with Crippen molar-refractivity contribution in [2.45, 2.75) is 27.4 Å². The molecule has 104 valence electrons. The van der Waals surface area contributed by atoms with Crippen LogP contribution >= 0.6 is 0 Å². The van der Waals surface area contributed by atoms with Crippen molar-refractivity contribution in [3.8, 4) is 0 Å². The molecule has 0 unspecified atom stereocenters. The van der Waals surface area contributed by atoms with Crippen LogP contribution in [0.4, 0.5) is 5.69 Å². The largest absolute Gasteiger partial charge is 0.457 e. The third kappa shape index (κ3) is 3.15. The van der Waals surface area contributed by atoms with Gasteiger partial charge in [-0.2, -0.15) is 0 Å². The smallest absolute Gasteiger partial charge is 0.338 e. The number of aryl methyl sites for hydroxylation is 3. The molecule has 4 nitrogen and oxygen atoms in total. The molecule has 1 heterocycles. The number of nitrogens with two attached hydrogens (primary N) is 1. The number of benzene rings is 1. The highest BCUT2D eigenvalue weighted by Gasteiger charge is 2.12. The van der Waals surface area contributed by atoms with Crippen molar-refractivity contribution < 1.29 is 9.53 Å². The first-order chi connectivity index (χ1) is 9.47. The Morgan fingerprint density at radius 2 is 1.90 bits per heavy atom. The van der Waals surface area contributed by atoms with Crippen LogP contribution in [0.5, 0.6) is 0 Å². The molecule has 2 rings (SSSR count). The average Bonchev–Trinajstić information content (AvgIpc) is 2.40. The quantitative estimate of drug-likeness (QED) is 0.688. The zero-order valence-electron chi connectivity index (χ0n) is 11.9. The van der Waals surface area contributed by atoms with Gasteiger partial charge in [0.2, 0.25) is 0 Å². The number of carbonyl (C=O) groups excluding carboxylic acids is 1. The summed E-state index contributed by atoms with van der Waals surface area (Å²) in [5, 5.41) is 0. The van der Waals surface area contributed by atoms with Crippen LogP contribution in [-0.2, 0) is 11.3 Å². The summed E-state index contributed by atoms with van der Waals surface area (Å²) in [5.41, 5.74) is 10.7. The number of nitrogens with zero attached hydrogens (tertiary/aromatic N) is 1. The maximum atomic E-state index is 12.1. The number of esters is 1. The molecule has 0 aliphatic carbocycles. The lowest BCUT2D eigenvalue weighted by Crippen LogP contribution is -2.08. The molecule has 0 atom stereocenters. The van der Waals surface area contributed by atoms with Gasteiger partial charge in [0.25, 0.3) is 0 Å². The monoisotopic (exact) mass is 270 g/mol. The normalized spacial score (nSPS) is 10.3. The number of pyridine rings is 1. The number of aromatic nitrogens is 1. The lowest BCUT2D eigenvalue weighted by Gasteiger charge is -2.10. The summed E-state index contributed by atoms with van der Waals surface area (Å²) in [4.78, 5) is 16.2. The highest BCUT2D eigenvalue weighted by Crippen LogP contribution is 2.19. The molecule has 0 radical (unpaired) electrons.